The second-order valence-corrected chi connectivity index (χ2v) is 7.44. The minimum Gasteiger partial charge on any atom is -0.482 e. The van der Waals surface area contributed by atoms with Crippen molar-refractivity contribution in [3.05, 3.63) is 52.3 Å². The van der Waals surface area contributed by atoms with Crippen LogP contribution in [-0.2, 0) is 19.4 Å². The summed E-state index contributed by atoms with van der Waals surface area (Å²) in [5, 5.41) is 7.18. The second kappa shape index (κ2) is 8.93. The van der Waals surface area contributed by atoms with Crippen molar-refractivity contribution in [2.24, 2.45) is 0 Å². The number of alkyl halides is 5. The van der Waals surface area contributed by atoms with Crippen molar-refractivity contribution in [3.8, 4) is 5.75 Å². The summed E-state index contributed by atoms with van der Waals surface area (Å²) in [6.07, 6.45) is -5.23. The minimum atomic E-state index is -5.69. The van der Waals surface area contributed by atoms with Gasteiger partial charge in [-0.3, -0.25) is 4.98 Å². The number of hydrogen-bond acceptors (Lipinski definition) is 4. The van der Waals surface area contributed by atoms with Gasteiger partial charge in [-0.2, -0.15) is 22.0 Å². The summed E-state index contributed by atoms with van der Waals surface area (Å²) in [6.45, 7) is 2.70. The number of ether oxygens (including phenoxy) is 1. The largest absolute Gasteiger partial charge is 0.482 e. The fourth-order valence-corrected chi connectivity index (χ4v) is 3.45. The molecule has 1 atom stereocenters. The highest BCUT2D eigenvalue weighted by molar-refractivity contribution is 6.33. The van der Waals surface area contributed by atoms with E-state index in [1.807, 2.05) is 12.1 Å². The highest BCUT2D eigenvalue weighted by Crippen LogP contribution is 2.39. The molecule has 1 aromatic heterocycles. The summed E-state index contributed by atoms with van der Waals surface area (Å²) in [5.74, 6) is -5.14. The number of nitrogens with zero attached hydrogens (tertiary/aromatic N) is 1. The molecule has 0 saturated carbocycles. The van der Waals surface area contributed by atoms with E-state index in [1.165, 1.54) is 17.7 Å². The van der Waals surface area contributed by atoms with Crippen LogP contribution in [0.25, 0.3) is 0 Å². The zero-order valence-corrected chi connectivity index (χ0v) is 16.9. The number of rotatable bonds is 6. The molecule has 0 spiro atoms. The lowest BCUT2D eigenvalue weighted by molar-refractivity contribution is -0.306. The third-order valence-corrected chi connectivity index (χ3v) is 5.24. The Hall–Kier alpha value is -2.13. The molecule has 0 aliphatic carbocycles. The Morgan fingerprint density at radius 3 is 2.53 bits per heavy atom. The van der Waals surface area contributed by atoms with E-state index < -0.39 is 18.2 Å². The fraction of sp³-hybridized carbons (Fsp3) is 0.450. The first-order chi connectivity index (χ1) is 14.1. The van der Waals surface area contributed by atoms with E-state index in [1.54, 1.807) is 0 Å². The Balaban J connectivity index is 1.66. The van der Waals surface area contributed by atoms with Gasteiger partial charge in [0.25, 0.3) is 0 Å². The minimum absolute atomic E-state index is 0.173. The summed E-state index contributed by atoms with van der Waals surface area (Å²) < 4.78 is 68.6. The van der Waals surface area contributed by atoms with Crippen LogP contribution in [0.4, 0.5) is 27.6 Å². The van der Waals surface area contributed by atoms with Gasteiger partial charge in [0.05, 0.1) is 29.1 Å². The molecule has 3 rings (SSSR count). The van der Waals surface area contributed by atoms with Crippen LogP contribution in [-0.4, -0.2) is 36.3 Å². The average molecular weight is 450 g/mol. The van der Waals surface area contributed by atoms with Gasteiger partial charge in [0.15, 0.2) is 6.10 Å². The Kier molecular flexibility index (Phi) is 6.71. The maximum absolute atomic E-state index is 13.3. The summed E-state index contributed by atoms with van der Waals surface area (Å²) in [6, 6.07) is 6.65. The molecule has 2 heterocycles. The van der Waals surface area contributed by atoms with Crippen LogP contribution < -0.4 is 15.4 Å². The Morgan fingerprint density at radius 1 is 1.13 bits per heavy atom. The van der Waals surface area contributed by atoms with Crippen molar-refractivity contribution < 1.29 is 26.7 Å². The van der Waals surface area contributed by atoms with Gasteiger partial charge in [0, 0.05) is 0 Å². The zero-order valence-electron chi connectivity index (χ0n) is 16.1. The van der Waals surface area contributed by atoms with E-state index in [2.05, 4.69) is 15.6 Å². The quantitative estimate of drug-likeness (QED) is 0.609. The predicted molar refractivity (Wildman–Crippen MR) is 104 cm³/mol. The highest BCUT2D eigenvalue weighted by atomic mass is 35.5. The maximum atomic E-state index is 13.3. The molecule has 1 aromatic carbocycles. The number of nitrogens with one attached hydrogen (secondary N) is 2. The molecule has 0 radical (unpaired) electrons. The summed E-state index contributed by atoms with van der Waals surface area (Å²) in [5.41, 5.74) is 3.72. The van der Waals surface area contributed by atoms with Crippen molar-refractivity contribution in [3.63, 3.8) is 0 Å². The molecule has 2 aromatic rings. The van der Waals surface area contributed by atoms with Gasteiger partial charge in [-0.1, -0.05) is 17.7 Å². The van der Waals surface area contributed by atoms with Crippen molar-refractivity contribution in [2.45, 2.75) is 44.5 Å². The molecule has 30 heavy (non-hydrogen) atoms. The number of benzene rings is 1. The van der Waals surface area contributed by atoms with Gasteiger partial charge in [-0.05, 0) is 62.2 Å². The third-order valence-electron chi connectivity index (χ3n) is 4.93. The molecule has 164 valence electrons. The molecular weight excluding hydrogens is 429 g/mol. The summed E-state index contributed by atoms with van der Waals surface area (Å²) in [4.78, 5) is 4.08. The smallest absolute Gasteiger partial charge is 0.457 e. The van der Waals surface area contributed by atoms with Gasteiger partial charge in [-0.25, -0.2) is 0 Å². The fourth-order valence-electron chi connectivity index (χ4n) is 3.21. The number of fused-ring (bicyclic) bond motifs is 1. The normalized spacial score (nSPS) is 15.8. The zero-order chi connectivity index (χ0) is 21.9. The van der Waals surface area contributed by atoms with Crippen molar-refractivity contribution in [2.75, 3.05) is 18.4 Å². The van der Waals surface area contributed by atoms with E-state index >= 15 is 0 Å². The molecule has 1 unspecified atom stereocenters. The summed E-state index contributed by atoms with van der Waals surface area (Å²) in [7, 11) is 0. The lowest BCUT2D eigenvalue weighted by Gasteiger charge is -2.26. The predicted octanol–water partition coefficient (Wildman–Crippen LogP) is 5.00. The molecule has 1 aliphatic rings. The van der Waals surface area contributed by atoms with Crippen LogP contribution in [0.2, 0.25) is 5.02 Å². The number of halogens is 6. The van der Waals surface area contributed by atoms with Crippen LogP contribution in [0, 0.1) is 0 Å². The maximum Gasteiger partial charge on any atom is 0.457 e. The first kappa shape index (κ1) is 22.6. The van der Waals surface area contributed by atoms with Crippen molar-refractivity contribution >= 4 is 17.3 Å². The van der Waals surface area contributed by atoms with Crippen LogP contribution in [0.1, 0.15) is 23.7 Å². The number of anilines is 1. The molecular formula is C20H21ClF5N3O. The van der Waals surface area contributed by atoms with E-state index in [4.69, 9.17) is 16.3 Å². The number of hydrogen-bond donors (Lipinski definition) is 2. The van der Waals surface area contributed by atoms with E-state index in [0.717, 1.165) is 43.4 Å². The second-order valence-electron chi connectivity index (χ2n) is 7.03. The van der Waals surface area contributed by atoms with Gasteiger partial charge in [0.1, 0.15) is 5.75 Å². The van der Waals surface area contributed by atoms with Crippen LogP contribution >= 0.6 is 11.6 Å². The van der Waals surface area contributed by atoms with Gasteiger partial charge < -0.3 is 15.4 Å². The first-order valence-corrected chi connectivity index (χ1v) is 9.78. The van der Waals surface area contributed by atoms with E-state index in [0.29, 0.717) is 24.2 Å². The third kappa shape index (κ3) is 4.95. The first-order valence-electron chi connectivity index (χ1n) is 9.40. The van der Waals surface area contributed by atoms with Crippen LogP contribution in [0.15, 0.2) is 30.5 Å². The lowest BCUT2D eigenvalue weighted by atomic mass is 10.0. The molecule has 1 aliphatic heterocycles. The lowest BCUT2D eigenvalue weighted by Crippen LogP contribution is -2.48. The molecule has 0 fully saturated rings. The van der Waals surface area contributed by atoms with Crippen molar-refractivity contribution in [1.82, 2.24) is 10.3 Å². The van der Waals surface area contributed by atoms with E-state index in [9.17, 15) is 22.0 Å². The van der Waals surface area contributed by atoms with E-state index in [-0.39, 0.29) is 5.75 Å². The Bertz CT molecular complexity index is 874. The molecule has 2 N–H and O–H groups in total. The molecule has 0 saturated heterocycles. The average Bonchev–Trinajstić information content (AvgIpc) is 2.93. The molecule has 0 bridgehead atoms. The Morgan fingerprint density at radius 2 is 1.87 bits per heavy atom. The van der Waals surface area contributed by atoms with Gasteiger partial charge in [-0.15, -0.1) is 0 Å². The monoisotopic (exact) mass is 449 g/mol. The SMILES string of the molecule is CC(Oc1ccc(CNc2c(Cl)ccc3c2CCNCC3)nc1)C(F)(F)C(F)(F)F. The van der Waals surface area contributed by atoms with Crippen molar-refractivity contribution in [1.29, 1.82) is 0 Å². The number of pyridine rings is 1. The van der Waals surface area contributed by atoms with Crippen LogP contribution in [0.5, 0.6) is 5.75 Å². The number of aromatic nitrogens is 1. The Labute approximate surface area is 175 Å². The summed E-state index contributed by atoms with van der Waals surface area (Å²) >= 11 is 6.36. The van der Waals surface area contributed by atoms with Crippen LogP contribution in [0.3, 0.4) is 0 Å². The van der Waals surface area contributed by atoms with Gasteiger partial charge >= 0.3 is 12.1 Å². The molecule has 0 amide bonds. The standard InChI is InChI=1S/C20H21ClF5N3O/c1-12(19(22,23)20(24,25)26)30-15-4-3-14(28-11-15)10-29-18-16-7-9-27-8-6-13(16)2-5-17(18)21/h2-5,11-12,27,29H,6-10H2,1H3. The molecule has 4 nitrogen and oxygen atoms in total. The topological polar surface area (TPSA) is 46.2 Å². The molecule has 10 heteroatoms. The highest BCUT2D eigenvalue weighted by Gasteiger charge is 2.62. The van der Waals surface area contributed by atoms with Gasteiger partial charge in [0.2, 0.25) is 0 Å².